The lowest BCUT2D eigenvalue weighted by Gasteiger charge is -2.11. The van der Waals surface area contributed by atoms with Crippen molar-refractivity contribution in [1.29, 1.82) is 0 Å². The minimum absolute atomic E-state index is 0.213. The van der Waals surface area contributed by atoms with Crippen molar-refractivity contribution in [3.8, 4) is 0 Å². The van der Waals surface area contributed by atoms with E-state index in [9.17, 15) is 14.7 Å². The number of nitrogens with zero attached hydrogens (tertiary/aromatic N) is 2. The SMILES string of the molecule is Cc1ncc(Cn2cc(C(=O)O)c(=O)c3ccccc32)s1. The number of benzene rings is 1. The van der Waals surface area contributed by atoms with Crippen molar-refractivity contribution in [2.45, 2.75) is 13.5 Å². The molecule has 0 amide bonds. The van der Waals surface area contributed by atoms with E-state index in [-0.39, 0.29) is 5.56 Å². The Morgan fingerprint density at radius 1 is 1.38 bits per heavy atom. The van der Waals surface area contributed by atoms with Crippen LogP contribution in [-0.4, -0.2) is 20.6 Å². The summed E-state index contributed by atoms with van der Waals surface area (Å²) in [6, 6.07) is 7.03. The van der Waals surface area contributed by atoms with Crippen LogP contribution in [0.4, 0.5) is 0 Å². The molecule has 5 nitrogen and oxygen atoms in total. The van der Waals surface area contributed by atoms with Crippen molar-refractivity contribution in [1.82, 2.24) is 9.55 Å². The van der Waals surface area contributed by atoms with Gasteiger partial charge >= 0.3 is 5.97 Å². The molecule has 2 aromatic heterocycles. The van der Waals surface area contributed by atoms with Gasteiger partial charge in [-0.05, 0) is 19.1 Å². The third-order valence-electron chi connectivity index (χ3n) is 3.21. The molecule has 3 rings (SSSR count). The molecule has 21 heavy (non-hydrogen) atoms. The Labute approximate surface area is 124 Å². The van der Waals surface area contributed by atoms with Crippen LogP contribution in [0.1, 0.15) is 20.2 Å². The molecular weight excluding hydrogens is 288 g/mol. The number of aromatic nitrogens is 2. The van der Waals surface area contributed by atoms with Crippen molar-refractivity contribution < 1.29 is 9.90 Å². The molecule has 0 saturated heterocycles. The van der Waals surface area contributed by atoms with Gasteiger partial charge in [0.15, 0.2) is 0 Å². The molecule has 0 aliphatic carbocycles. The van der Waals surface area contributed by atoms with E-state index in [1.165, 1.54) is 6.20 Å². The van der Waals surface area contributed by atoms with E-state index >= 15 is 0 Å². The third kappa shape index (κ3) is 2.45. The number of rotatable bonds is 3. The highest BCUT2D eigenvalue weighted by Gasteiger charge is 2.14. The number of para-hydroxylation sites is 1. The van der Waals surface area contributed by atoms with Gasteiger partial charge in [-0.3, -0.25) is 4.79 Å². The first-order valence-electron chi connectivity index (χ1n) is 6.33. The van der Waals surface area contributed by atoms with Gasteiger partial charge in [0.25, 0.3) is 0 Å². The van der Waals surface area contributed by atoms with Crippen LogP contribution in [0.3, 0.4) is 0 Å². The quantitative estimate of drug-likeness (QED) is 0.806. The zero-order valence-corrected chi connectivity index (χ0v) is 12.1. The number of carbonyl (C=O) groups is 1. The molecule has 0 aliphatic rings. The monoisotopic (exact) mass is 300 g/mol. The van der Waals surface area contributed by atoms with Crippen LogP contribution in [0.2, 0.25) is 0 Å². The maximum Gasteiger partial charge on any atom is 0.341 e. The summed E-state index contributed by atoms with van der Waals surface area (Å²) < 4.78 is 1.78. The van der Waals surface area contributed by atoms with Crippen LogP contribution in [0, 0.1) is 6.92 Å². The van der Waals surface area contributed by atoms with E-state index in [1.807, 2.05) is 19.1 Å². The van der Waals surface area contributed by atoms with Gasteiger partial charge in [0.2, 0.25) is 5.43 Å². The first-order valence-corrected chi connectivity index (χ1v) is 7.14. The van der Waals surface area contributed by atoms with Crippen molar-refractivity contribution in [3.05, 3.63) is 62.3 Å². The van der Waals surface area contributed by atoms with E-state index < -0.39 is 11.4 Å². The van der Waals surface area contributed by atoms with Crippen molar-refractivity contribution >= 4 is 28.2 Å². The highest BCUT2D eigenvalue weighted by molar-refractivity contribution is 7.11. The smallest absolute Gasteiger partial charge is 0.341 e. The summed E-state index contributed by atoms with van der Waals surface area (Å²) in [5.41, 5.74) is 0.0586. The van der Waals surface area contributed by atoms with Gasteiger partial charge in [-0.15, -0.1) is 11.3 Å². The molecule has 106 valence electrons. The van der Waals surface area contributed by atoms with Gasteiger partial charge in [0.1, 0.15) is 5.56 Å². The molecule has 1 aromatic carbocycles. The summed E-state index contributed by atoms with van der Waals surface area (Å²) in [6.45, 7) is 2.41. The lowest BCUT2D eigenvalue weighted by molar-refractivity contribution is 0.0695. The molecule has 0 spiro atoms. The Kier molecular flexibility index (Phi) is 3.31. The summed E-state index contributed by atoms with van der Waals surface area (Å²) in [7, 11) is 0. The maximum atomic E-state index is 12.2. The van der Waals surface area contributed by atoms with Crippen LogP contribution in [0.25, 0.3) is 10.9 Å². The highest BCUT2D eigenvalue weighted by atomic mass is 32.1. The average molecular weight is 300 g/mol. The average Bonchev–Trinajstić information content (AvgIpc) is 2.87. The van der Waals surface area contributed by atoms with Crippen molar-refractivity contribution in [2.24, 2.45) is 0 Å². The Bertz CT molecular complexity index is 895. The van der Waals surface area contributed by atoms with Crippen LogP contribution in [0.5, 0.6) is 0 Å². The van der Waals surface area contributed by atoms with Gasteiger partial charge in [-0.2, -0.15) is 0 Å². The second kappa shape index (κ2) is 5.14. The molecule has 0 bridgehead atoms. The number of thiazole rings is 1. The zero-order chi connectivity index (χ0) is 15.0. The Balaban J connectivity index is 2.23. The van der Waals surface area contributed by atoms with Gasteiger partial charge in [0.05, 0.1) is 17.1 Å². The molecule has 2 heterocycles. The van der Waals surface area contributed by atoms with E-state index in [0.29, 0.717) is 11.9 Å². The van der Waals surface area contributed by atoms with E-state index in [0.717, 1.165) is 15.4 Å². The number of aryl methyl sites for hydroxylation is 1. The number of carboxylic acids is 1. The third-order valence-corrected chi connectivity index (χ3v) is 4.11. The number of hydrogen-bond acceptors (Lipinski definition) is 4. The summed E-state index contributed by atoms with van der Waals surface area (Å²) in [5.74, 6) is -1.21. The predicted molar refractivity (Wildman–Crippen MR) is 81.1 cm³/mol. The fourth-order valence-electron chi connectivity index (χ4n) is 2.27. The molecule has 0 saturated carbocycles. The van der Waals surface area contributed by atoms with Gasteiger partial charge in [-0.25, -0.2) is 9.78 Å². The fourth-order valence-corrected chi connectivity index (χ4v) is 3.07. The summed E-state index contributed by atoms with van der Waals surface area (Å²) >= 11 is 1.55. The molecular formula is C15H12N2O3S. The first kappa shape index (κ1) is 13.5. The lowest BCUT2D eigenvalue weighted by atomic mass is 10.1. The number of pyridine rings is 1. The molecule has 6 heteroatoms. The first-order chi connectivity index (χ1) is 10.1. The van der Waals surface area contributed by atoms with E-state index in [2.05, 4.69) is 4.98 Å². The highest BCUT2D eigenvalue weighted by Crippen LogP contribution is 2.17. The molecule has 0 fully saturated rings. The molecule has 0 atom stereocenters. The molecule has 0 radical (unpaired) electrons. The zero-order valence-electron chi connectivity index (χ0n) is 11.2. The van der Waals surface area contributed by atoms with Crippen LogP contribution in [-0.2, 0) is 6.54 Å². The summed E-state index contributed by atoms with van der Waals surface area (Å²) in [6.07, 6.45) is 3.18. The topological polar surface area (TPSA) is 72.2 Å². The Morgan fingerprint density at radius 3 is 2.81 bits per heavy atom. The fraction of sp³-hybridized carbons (Fsp3) is 0.133. The normalized spacial score (nSPS) is 10.9. The Morgan fingerprint density at radius 2 is 2.14 bits per heavy atom. The number of aromatic carboxylic acids is 1. The molecule has 3 aromatic rings. The second-order valence-electron chi connectivity index (χ2n) is 4.67. The predicted octanol–water partition coefficient (Wildman–Crippen LogP) is 2.51. The van der Waals surface area contributed by atoms with Gasteiger partial charge in [-0.1, -0.05) is 12.1 Å². The maximum absolute atomic E-state index is 12.2. The number of carboxylic acid groups (broad SMARTS) is 1. The lowest BCUT2D eigenvalue weighted by Crippen LogP contribution is -2.19. The molecule has 1 N–H and O–H groups in total. The molecule has 0 aliphatic heterocycles. The van der Waals surface area contributed by atoms with E-state index in [1.54, 1.807) is 34.2 Å². The van der Waals surface area contributed by atoms with Gasteiger partial charge in [0, 0.05) is 22.7 Å². The largest absolute Gasteiger partial charge is 0.477 e. The van der Waals surface area contributed by atoms with Crippen LogP contribution >= 0.6 is 11.3 Å². The van der Waals surface area contributed by atoms with E-state index in [4.69, 9.17) is 0 Å². The number of hydrogen-bond donors (Lipinski definition) is 1. The van der Waals surface area contributed by atoms with Crippen molar-refractivity contribution in [2.75, 3.05) is 0 Å². The number of fused-ring (bicyclic) bond motifs is 1. The minimum Gasteiger partial charge on any atom is -0.477 e. The van der Waals surface area contributed by atoms with Crippen molar-refractivity contribution in [3.63, 3.8) is 0 Å². The standard InChI is InChI=1S/C15H12N2O3S/c1-9-16-6-10(21-9)7-17-8-12(15(19)20)14(18)11-4-2-3-5-13(11)17/h2-6,8H,7H2,1H3,(H,19,20). The van der Waals surface area contributed by atoms with Gasteiger partial charge < -0.3 is 9.67 Å². The molecule has 0 unspecified atom stereocenters. The summed E-state index contributed by atoms with van der Waals surface area (Å²) in [4.78, 5) is 28.6. The van der Waals surface area contributed by atoms with Crippen LogP contribution in [0.15, 0.2) is 41.5 Å². The Hall–Kier alpha value is -2.47. The summed E-state index contributed by atoms with van der Waals surface area (Å²) in [5, 5.41) is 10.6. The second-order valence-corrected chi connectivity index (χ2v) is 5.99. The minimum atomic E-state index is -1.21. The van der Waals surface area contributed by atoms with Crippen LogP contribution < -0.4 is 5.43 Å².